The van der Waals surface area contributed by atoms with Gasteiger partial charge in [0.25, 0.3) is 5.56 Å². The summed E-state index contributed by atoms with van der Waals surface area (Å²) in [5, 5.41) is 8.20. The average molecular weight is 417 g/mol. The number of rotatable bonds is 2. The molecule has 1 saturated carbocycles. The highest BCUT2D eigenvalue weighted by Crippen LogP contribution is 2.44. The summed E-state index contributed by atoms with van der Waals surface area (Å²) in [5.74, 6) is -1.70. The van der Waals surface area contributed by atoms with Gasteiger partial charge in [0, 0.05) is 27.9 Å². The second kappa shape index (κ2) is 6.34. The highest BCUT2D eigenvalue weighted by atomic mass is 19.2. The van der Waals surface area contributed by atoms with Crippen molar-refractivity contribution in [2.24, 2.45) is 0 Å². The van der Waals surface area contributed by atoms with Crippen LogP contribution in [0.2, 0.25) is 0 Å². The highest BCUT2D eigenvalue weighted by molar-refractivity contribution is 6.15. The van der Waals surface area contributed by atoms with Crippen LogP contribution in [0.4, 0.5) is 14.5 Å². The lowest BCUT2D eigenvalue weighted by atomic mass is 9.78. The van der Waals surface area contributed by atoms with Crippen LogP contribution in [-0.2, 0) is 0 Å². The molecule has 31 heavy (non-hydrogen) atoms. The van der Waals surface area contributed by atoms with Gasteiger partial charge in [-0.2, -0.15) is 5.10 Å². The number of nitrogens with one attached hydrogen (secondary N) is 2. The molecule has 154 valence electrons. The number of benzene rings is 2. The van der Waals surface area contributed by atoms with E-state index in [9.17, 15) is 13.6 Å². The van der Waals surface area contributed by atoms with Crippen molar-refractivity contribution in [3.63, 3.8) is 0 Å². The lowest BCUT2D eigenvalue weighted by molar-refractivity contribution is 0.422. The predicted octanol–water partition coefficient (Wildman–Crippen LogP) is 4.75. The number of anilines is 1. The van der Waals surface area contributed by atoms with E-state index in [-0.39, 0.29) is 11.2 Å². The number of nitrogen functional groups attached to an aromatic ring is 1. The zero-order chi connectivity index (χ0) is 21.3. The SMILES string of the molecule is Nc1c(-c2cc(F)c(F)c3[nH]ncc23)c2cc(C3CCC3)c3ncccc3c2[nH]c1=O. The molecule has 6 nitrogen and oxygen atoms in total. The van der Waals surface area contributed by atoms with Crippen molar-refractivity contribution in [1.29, 1.82) is 0 Å². The highest BCUT2D eigenvalue weighted by Gasteiger charge is 2.26. The number of halogens is 2. The molecule has 3 aromatic heterocycles. The molecule has 1 aliphatic rings. The third kappa shape index (κ3) is 2.44. The van der Waals surface area contributed by atoms with E-state index >= 15 is 0 Å². The van der Waals surface area contributed by atoms with Gasteiger partial charge in [0.2, 0.25) is 0 Å². The second-order valence-corrected chi connectivity index (χ2v) is 8.04. The lowest BCUT2D eigenvalue weighted by Gasteiger charge is -2.27. The predicted molar refractivity (Wildman–Crippen MR) is 116 cm³/mol. The van der Waals surface area contributed by atoms with Gasteiger partial charge in [-0.05, 0) is 54.2 Å². The van der Waals surface area contributed by atoms with Gasteiger partial charge in [0.05, 0.1) is 17.2 Å². The summed E-state index contributed by atoms with van der Waals surface area (Å²) in [6, 6.07) is 6.78. The lowest BCUT2D eigenvalue weighted by Crippen LogP contribution is -2.15. The monoisotopic (exact) mass is 417 g/mol. The van der Waals surface area contributed by atoms with E-state index in [1.165, 1.54) is 6.20 Å². The van der Waals surface area contributed by atoms with E-state index in [4.69, 9.17) is 5.73 Å². The van der Waals surface area contributed by atoms with Crippen LogP contribution in [0.3, 0.4) is 0 Å². The number of hydrogen-bond acceptors (Lipinski definition) is 4. The number of nitrogens with zero attached hydrogens (tertiary/aromatic N) is 2. The molecule has 1 fully saturated rings. The summed E-state index contributed by atoms with van der Waals surface area (Å²) in [5.41, 5.74) is 8.80. The van der Waals surface area contributed by atoms with Crippen molar-refractivity contribution in [1.82, 2.24) is 20.2 Å². The van der Waals surface area contributed by atoms with E-state index in [1.807, 2.05) is 18.2 Å². The summed E-state index contributed by atoms with van der Waals surface area (Å²) < 4.78 is 28.8. The Labute approximate surface area is 174 Å². The van der Waals surface area contributed by atoms with Gasteiger partial charge in [-0.15, -0.1) is 0 Å². The second-order valence-electron chi connectivity index (χ2n) is 8.04. The Morgan fingerprint density at radius 1 is 1.10 bits per heavy atom. The molecule has 2 aromatic carbocycles. The molecule has 5 aromatic rings. The van der Waals surface area contributed by atoms with Crippen LogP contribution in [0.5, 0.6) is 0 Å². The summed E-state index contributed by atoms with van der Waals surface area (Å²) in [7, 11) is 0. The molecule has 6 rings (SSSR count). The number of aromatic nitrogens is 4. The van der Waals surface area contributed by atoms with Crippen LogP contribution >= 0.6 is 0 Å². The fourth-order valence-corrected chi connectivity index (χ4v) is 4.62. The molecular formula is C23H17F2N5O. The maximum Gasteiger partial charge on any atom is 0.272 e. The van der Waals surface area contributed by atoms with E-state index in [0.717, 1.165) is 41.8 Å². The third-order valence-electron chi connectivity index (χ3n) is 6.39. The Morgan fingerprint density at radius 2 is 1.94 bits per heavy atom. The van der Waals surface area contributed by atoms with Crippen molar-refractivity contribution in [2.75, 3.05) is 5.73 Å². The Bertz CT molecular complexity index is 1580. The van der Waals surface area contributed by atoms with Gasteiger partial charge >= 0.3 is 0 Å². The molecule has 0 radical (unpaired) electrons. The molecular weight excluding hydrogens is 400 g/mol. The van der Waals surface area contributed by atoms with Crippen LogP contribution in [0.15, 0.2) is 41.5 Å². The molecule has 0 amide bonds. The first-order valence-corrected chi connectivity index (χ1v) is 10.1. The van der Waals surface area contributed by atoms with Crippen molar-refractivity contribution >= 4 is 38.4 Å². The van der Waals surface area contributed by atoms with Crippen LogP contribution in [0.1, 0.15) is 30.7 Å². The molecule has 0 saturated heterocycles. The Balaban J connectivity index is 1.82. The maximum absolute atomic E-state index is 14.5. The van der Waals surface area contributed by atoms with Crippen LogP contribution < -0.4 is 11.3 Å². The Kier molecular flexibility index (Phi) is 3.68. The Morgan fingerprint density at radius 3 is 2.71 bits per heavy atom. The quantitative estimate of drug-likeness (QED) is 0.361. The zero-order valence-corrected chi connectivity index (χ0v) is 16.3. The topological polar surface area (TPSA) is 100 Å². The third-order valence-corrected chi connectivity index (χ3v) is 6.39. The average Bonchev–Trinajstić information content (AvgIpc) is 3.22. The van der Waals surface area contributed by atoms with E-state index < -0.39 is 17.2 Å². The summed E-state index contributed by atoms with van der Waals surface area (Å²) in [4.78, 5) is 20.2. The summed E-state index contributed by atoms with van der Waals surface area (Å²) in [6.45, 7) is 0. The van der Waals surface area contributed by atoms with E-state index in [1.54, 1.807) is 6.20 Å². The fourth-order valence-electron chi connectivity index (χ4n) is 4.62. The van der Waals surface area contributed by atoms with Crippen LogP contribution in [-0.4, -0.2) is 20.2 Å². The van der Waals surface area contributed by atoms with Crippen molar-refractivity contribution in [2.45, 2.75) is 25.2 Å². The van der Waals surface area contributed by atoms with E-state index in [0.29, 0.717) is 33.3 Å². The van der Waals surface area contributed by atoms with Gasteiger partial charge in [-0.25, -0.2) is 8.78 Å². The van der Waals surface area contributed by atoms with Crippen LogP contribution in [0.25, 0.3) is 43.8 Å². The van der Waals surface area contributed by atoms with Crippen molar-refractivity contribution in [3.8, 4) is 11.1 Å². The molecule has 4 N–H and O–H groups in total. The number of fused-ring (bicyclic) bond motifs is 4. The molecule has 0 spiro atoms. The molecule has 0 bridgehead atoms. The molecule has 0 aliphatic heterocycles. The smallest absolute Gasteiger partial charge is 0.272 e. The van der Waals surface area contributed by atoms with Gasteiger partial charge < -0.3 is 10.7 Å². The number of nitrogens with two attached hydrogens (primary N) is 1. The zero-order valence-electron chi connectivity index (χ0n) is 16.3. The Hall–Kier alpha value is -3.81. The molecule has 0 atom stereocenters. The number of hydrogen-bond donors (Lipinski definition) is 3. The number of pyridine rings is 2. The fraction of sp³-hybridized carbons (Fsp3) is 0.174. The maximum atomic E-state index is 14.5. The largest absolute Gasteiger partial charge is 0.394 e. The molecule has 3 heterocycles. The van der Waals surface area contributed by atoms with Crippen molar-refractivity contribution in [3.05, 3.63) is 64.2 Å². The summed E-state index contributed by atoms with van der Waals surface area (Å²) >= 11 is 0. The summed E-state index contributed by atoms with van der Waals surface area (Å²) in [6.07, 6.45) is 6.41. The first-order chi connectivity index (χ1) is 15.0. The van der Waals surface area contributed by atoms with E-state index in [2.05, 4.69) is 20.2 Å². The van der Waals surface area contributed by atoms with Crippen molar-refractivity contribution < 1.29 is 8.78 Å². The molecule has 0 unspecified atom stereocenters. The minimum absolute atomic E-state index is 0.0520. The van der Waals surface area contributed by atoms with Gasteiger partial charge in [0.15, 0.2) is 11.6 Å². The molecule has 1 aliphatic carbocycles. The van der Waals surface area contributed by atoms with Gasteiger partial charge in [0.1, 0.15) is 11.2 Å². The van der Waals surface area contributed by atoms with Gasteiger partial charge in [-0.3, -0.25) is 14.9 Å². The number of aromatic amines is 2. The minimum Gasteiger partial charge on any atom is -0.394 e. The first kappa shape index (κ1) is 18.0. The normalized spacial score (nSPS) is 14.5. The number of H-pyrrole nitrogens is 2. The minimum atomic E-state index is -1.04. The first-order valence-electron chi connectivity index (χ1n) is 10.1. The standard InChI is InChI=1S/C23H17F2N5O/c24-16-8-13(15-9-28-30-22(15)18(16)25)17-14-7-12(10-3-1-4-10)20-11(5-2-6-27-20)21(14)29-23(31)19(17)26/h2,5-10H,1,3-4,26H2,(H,28,30)(H,29,31). The van der Waals surface area contributed by atoms with Crippen LogP contribution in [0, 0.1) is 11.6 Å². The van der Waals surface area contributed by atoms with Gasteiger partial charge in [-0.1, -0.05) is 6.42 Å². The molecule has 8 heteroatoms.